The van der Waals surface area contributed by atoms with Crippen LogP contribution in [0.3, 0.4) is 0 Å². The van der Waals surface area contributed by atoms with E-state index >= 15 is 0 Å². The monoisotopic (exact) mass is 375 g/mol. The smallest absolute Gasteiger partial charge is 0.293 e. The van der Waals surface area contributed by atoms with E-state index in [0.717, 1.165) is 19.5 Å². The number of piperazine rings is 1. The fourth-order valence-corrected chi connectivity index (χ4v) is 3.56. The molecule has 1 aromatic rings. The van der Waals surface area contributed by atoms with Gasteiger partial charge in [-0.25, -0.2) is 0 Å². The van der Waals surface area contributed by atoms with Crippen LogP contribution in [0.2, 0.25) is 0 Å². The number of hydrogen-bond donors (Lipinski definition) is 1. The molecule has 9 heteroatoms. The van der Waals surface area contributed by atoms with Crippen LogP contribution < -0.4 is 10.2 Å². The van der Waals surface area contributed by atoms with Crippen molar-refractivity contribution in [3.63, 3.8) is 0 Å². The Balaban J connectivity index is 1.80. The molecule has 2 saturated heterocycles. The van der Waals surface area contributed by atoms with Gasteiger partial charge in [0, 0.05) is 64.4 Å². The second-order valence-corrected chi connectivity index (χ2v) is 6.85. The van der Waals surface area contributed by atoms with Crippen molar-refractivity contribution < 1.29 is 14.5 Å². The number of rotatable bonds is 3. The Morgan fingerprint density at radius 3 is 2.44 bits per heavy atom. The predicted octanol–water partition coefficient (Wildman–Crippen LogP) is 0.699. The maximum Gasteiger partial charge on any atom is 0.293 e. The van der Waals surface area contributed by atoms with Crippen molar-refractivity contribution in [3.05, 3.63) is 33.9 Å². The summed E-state index contributed by atoms with van der Waals surface area (Å²) < 4.78 is 0. The zero-order chi connectivity index (χ0) is 19.4. The van der Waals surface area contributed by atoms with Crippen LogP contribution in [0.25, 0.3) is 0 Å². The Kier molecular flexibility index (Phi) is 5.90. The van der Waals surface area contributed by atoms with Crippen LogP contribution in [-0.2, 0) is 4.79 Å². The summed E-state index contributed by atoms with van der Waals surface area (Å²) in [6, 6.07) is 4.71. The summed E-state index contributed by atoms with van der Waals surface area (Å²) in [6.45, 7) is 6.51. The summed E-state index contributed by atoms with van der Waals surface area (Å²) in [7, 11) is 0. The van der Waals surface area contributed by atoms with Gasteiger partial charge in [-0.05, 0) is 25.1 Å². The highest BCUT2D eigenvalue weighted by molar-refractivity contribution is 5.96. The Morgan fingerprint density at radius 2 is 1.78 bits per heavy atom. The highest BCUT2D eigenvalue weighted by atomic mass is 16.6. The number of nitrogens with zero attached hydrogens (tertiary/aromatic N) is 4. The molecule has 0 aromatic heterocycles. The van der Waals surface area contributed by atoms with Gasteiger partial charge in [0.25, 0.3) is 11.6 Å². The van der Waals surface area contributed by atoms with Crippen LogP contribution >= 0.6 is 0 Å². The molecule has 0 aliphatic carbocycles. The van der Waals surface area contributed by atoms with Gasteiger partial charge in [-0.1, -0.05) is 0 Å². The normalized spacial score (nSPS) is 18.2. The van der Waals surface area contributed by atoms with Crippen molar-refractivity contribution in [1.82, 2.24) is 15.1 Å². The first-order chi connectivity index (χ1) is 13.0. The molecular weight excluding hydrogens is 350 g/mol. The molecule has 0 radical (unpaired) electrons. The highest BCUT2D eigenvalue weighted by Crippen LogP contribution is 2.30. The van der Waals surface area contributed by atoms with Gasteiger partial charge in [0.15, 0.2) is 0 Å². The van der Waals surface area contributed by atoms with Gasteiger partial charge in [0.1, 0.15) is 5.69 Å². The van der Waals surface area contributed by atoms with Crippen LogP contribution in [0.4, 0.5) is 11.4 Å². The minimum atomic E-state index is -0.437. The summed E-state index contributed by atoms with van der Waals surface area (Å²) in [5, 5.41) is 14.9. The zero-order valence-corrected chi connectivity index (χ0v) is 15.5. The molecule has 0 saturated carbocycles. The molecule has 3 rings (SSSR count). The molecule has 0 spiro atoms. The van der Waals surface area contributed by atoms with Crippen LogP contribution in [-0.4, -0.2) is 78.9 Å². The molecule has 0 bridgehead atoms. The highest BCUT2D eigenvalue weighted by Gasteiger charge is 2.27. The Hall–Kier alpha value is -2.68. The summed E-state index contributed by atoms with van der Waals surface area (Å²) in [6.07, 6.45) is 0.867. The molecule has 1 N–H and O–H groups in total. The number of benzene rings is 1. The average molecular weight is 375 g/mol. The Labute approximate surface area is 158 Å². The minimum absolute atomic E-state index is 0.0111. The Morgan fingerprint density at radius 1 is 1.04 bits per heavy atom. The van der Waals surface area contributed by atoms with Crippen LogP contribution in [0.1, 0.15) is 23.7 Å². The number of nitro groups is 1. The predicted molar refractivity (Wildman–Crippen MR) is 101 cm³/mol. The van der Waals surface area contributed by atoms with Crippen molar-refractivity contribution in [2.75, 3.05) is 57.3 Å². The maximum absolute atomic E-state index is 12.8. The van der Waals surface area contributed by atoms with E-state index < -0.39 is 4.92 Å². The van der Waals surface area contributed by atoms with E-state index in [1.54, 1.807) is 21.9 Å². The van der Waals surface area contributed by atoms with Crippen molar-refractivity contribution in [2.24, 2.45) is 0 Å². The first-order valence-electron chi connectivity index (χ1n) is 9.26. The Bertz CT molecular complexity index is 722. The maximum atomic E-state index is 12.8. The van der Waals surface area contributed by atoms with Gasteiger partial charge in [-0.15, -0.1) is 0 Å². The largest absolute Gasteiger partial charge is 0.362 e. The van der Waals surface area contributed by atoms with Gasteiger partial charge in [-0.2, -0.15) is 0 Å². The first kappa shape index (κ1) is 19.1. The third-order valence-corrected chi connectivity index (χ3v) is 5.11. The lowest BCUT2D eigenvalue weighted by atomic mass is 10.1. The lowest BCUT2D eigenvalue weighted by Crippen LogP contribution is -2.48. The fraction of sp³-hybridized carbons (Fsp3) is 0.556. The number of amides is 2. The van der Waals surface area contributed by atoms with E-state index in [4.69, 9.17) is 0 Å². The number of carbonyl (C=O) groups is 2. The van der Waals surface area contributed by atoms with E-state index in [1.807, 2.05) is 4.90 Å². The average Bonchev–Trinajstić information content (AvgIpc) is 2.96. The van der Waals surface area contributed by atoms with Crippen molar-refractivity contribution in [1.29, 1.82) is 0 Å². The van der Waals surface area contributed by atoms with E-state index in [9.17, 15) is 19.7 Å². The first-order valence-corrected chi connectivity index (χ1v) is 9.26. The molecule has 0 unspecified atom stereocenters. The van der Waals surface area contributed by atoms with Gasteiger partial charge >= 0.3 is 0 Å². The summed E-state index contributed by atoms with van der Waals surface area (Å²) in [5.41, 5.74) is 0.775. The second kappa shape index (κ2) is 8.34. The molecule has 146 valence electrons. The van der Waals surface area contributed by atoms with Crippen LogP contribution in [0.15, 0.2) is 18.2 Å². The minimum Gasteiger partial charge on any atom is -0.362 e. The standard InChI is InChI=1S/C18H25N5O4/c1-14(24)20-9-11-21(12-10-20)16-4-3-15(13-17(16)23(26)27)18(25)22-7-2-5-19-6-8-22/h3-4,13,19H,2,5-12H2,1H3. The van der Waals surface area contributed by atoms with E-state index in [-0.39, 0.29) is 17.5 Å². The third kappa shape index (κ3) is 4.36. The van der Waals surface area contributed by atoms with E-state index in [1.165, 1.54) is 13.0 Å². The lowest BCUT2D eigenvalue weighted by molar-refractivity contribution is -0.384. The third-order valence-electron chi connectivity index (χ3n) is 5.11. The lowest BCUT2D eigenvalue weighted by Gasteiger charge is -2.35. The van der Waals surface area contributed by atoms with Crippen molar-refractivity contribution >= 4 is 23.2 Å². The quantitative estimate of drug-likeness (QED) is 0.617. The molecule has 0 atom stereocenters. The van der Waals surface area contributed by atoms with Gasteiger partial charge < -0.3 is 20.0 Å². The van der Waals surface area contributed by atoms with Gasteiger partial charge in [0.05, 0.1) is 4.92 Å². The number of carbonyl (C=O) groups excluding carboxylic acids is 2. The fourth-order valence-electron chi connectivity index (χ4n) is 3.56. The molecule has 2 heterocycles. The number of nitro benzene ring substituents is 1. The second-order valence-electron chi connectivity index (χ2n) is 6.85. The van der Waals surface area contributed by atoms with Gasteiger partial charge in [0.2, 0.25) is 5.91 Å². The summed E-state index contributed by atoms with van der Waals surface area (Å²) >= 11 is 0. The molecular formula is C18H25N5O4. The van der Waals surface area contributed by atoms with Gasteiger partial charge in [-0.3, -0.25) is 19.7 Å². The molecule has 2 aliphatic heterocycles. The molecule has 2 amide bonds. The molecule has 2 aliphatic rings. The number of anilines is 1. The molecule has 27 heavy (non-hydrogen) atoms. The zero-order valence-electron chi connectivity index (χ0n) is 15.5. The van der Waals surface area contributed by atoms with Crippen LogP contribution in [0, 0.1) is 10.1 Å². The summed E-state index contributed by atoms with van der Waals surface area (Å²) in [5.74, 6) is -0.160. The van der Waals surface area contributed by atoms with Crippen molar-refractivity contribution in [3.8, 4) is 0 Å². The molecule has 2 fully saturated rings. The number of hydrogen-bond acceptors (Lipinski definition) is 6. The SMILES string of the molecule is CC(=O)N1CCN(c2ccc(C(=O)N3CCCNCC3)cc2[N+](=O)[O-])CC1. The van der Waals surface area contributed by atoms with E-state index in [0.29, 0.717) is 50.5 Å². The summed E-state index contributed by atoms with van der Waals surface area (Å²) in [4.78, 5) is 40.8. The van der Waals surface area contributed by atoms with Crippen LogP contribution in [0.5, 0.6) is 0 Å². The molecule has 1 aromatic carbocycles. The number of nitrogens with one attached hydrogen (secondary N) is 1. The molecule has 9 nitrogen and oxygen atoms in total. The topological polar surface area (TPSA) is 99.0 Å². The van der Waals surface area contributed by atoms with Crippen molar-refractivity contribution in [2.45, 2.75) is 13.3 Å². The van der Waals surface area contributed by atoms with E-state index in [2.05, 4.69) is 5.32 Å².